The van der Waals surface area contributed by atoms with E-state index < -0.39 is 0 Å². The molecule has 1 aliphatic heterocycles. The molecular formula is C18H22N4O2S2. The van der Waals surface area contributed by atoms with Crippen molar-refractivity contribution < 1.29 is 9.53 Å². The number of piperazine rings is 1. The number of hydrogen-bond acceptors (Lipinski definition) is 5. The molecular weight excluding hydrogens is 368 g/mol. The number of nitrogens with one attached hydrogen (secondary N) is 1. The van der Waals surface area contributed by atoms with E-state index in [-0.39, 0.29) is 5.91 Å². The molecule has 0 atom stereocenters. The van der Waals surface area contributed by atoms with Crippen molar-refractivity contribution in [1.29, 1.82) is 0 Å². The van der Waals surface area contributed by atoms with Crippen LogP contribution in [0.5, 0.6) is 5.75 Å². The maximum Gasteiger partial charge on any atom is 0.229 e. The van der Waals surface area contributed by atoms with Crippen LogP contribution in [0.25, 0.3) is 0 Å². The highest BCUT2D eigenvalue weighted by atomic mass is 32.1. The summed E-state index contributed by atoms with van der Waals surface area (Å²) in [5.74, 6) is 0.942. The van der Waals surface area contributed by atoms with Gasteiger partial charge in [-0.1, -0.05) is 0 Å². The Morgan fingerprint density at radius 1 is 1.23 bits per heavy atom. The minimum absolute atomic E-state index is 0.132. The summed E-state index contributed by atoms with van der Waals surface area (Å²) in [6, 6.07) is 7.64. The molecule has 0 radical (unpaired) electrons. The molecule has 0 saturated carbocycles. The van der Waals surface area contributed by atoms with Gasteiger partial charge in [-0.05, 0) is 43.4 Å². The molecule has 6 nitrogen and oxygen atoms in total. The quantitative estimate of drug-likeness (QED) is 0.810. The van der Waals surface area contributed by atoms with Crippen molar-refractivity contribution >= 4 is 40.3 Å². The first-order valence-corrected chi connectivity index (χ1v) is 9.72. The molecule has 1 aromatic carbocycles. The lowest BCUT2D eigenvalue weighted by atomic mass is 10.3. The number of nitrogens with zero attached hydrogens (tertiary/aromatic N) is 3. The van der Waals surface area contributed by atoms with Crippen molar-refractivity contribution in [2.75, 3.05) is 38.6 Å². The number of aromatic nitrogens is 1. The number of anilines is 1. The van der Waals surface area contributed by atoms with Crippen molar-refractivity contribution in [1.82, 2.24) is 14.8 Å². The van der Waals surface area contributed by atoms with E-state index in [0.29, 0.717) is 24.6 Å². The van der Waals surface area contributed by atoms with Gasteiger partial charge in [-0.15, -0.1) is 11.3 Å². The largest absolute Gasteiger partial charge is 0.497 e. The lowest BCUT2D eigenvalue weighted by molar-refractivity contribution is -0.131. The fourth-order valence-corrected chi connectivity index (χ4v) is 3.82. The van der Waals surface area contributed by atoms with Crippen LogP contribution >= 0.6 is 23.6 Å². The molecule has 1 aliphatic rings. The second kappa shape index (κ2) is 8.46. The topological polar surface area (TPSA) is 57.7 Å². The van der Waals surface area contributed by atoms with Gasteiger partial charge < -0.3 is 19.9 Å². The average molecular weight is 391 g/mol. The van der Waals surface area contributed by atoms with Gasteiger partial charge in [-0.25, -0.2) is 4.98 Å². The van der Waals surface area contributed by atoms with Gasteiger partial charge in [-0.2, -0.15) is 0 Å². The first kappa shape index (κ1) is 18.6. The smallest absolute Gasteiger partial charge is 0.229 e. The lowest BCUT2D eigenvalue weighted by Gasteiger charge is -2.36. The van der Waals surface area contributed by atoms with E-state index in [4.69, 9.17) is 17.0 Å². The average Bonchev–Trinajstić information content (AvgIpc) is 3.07. The van der Waals surface area contributed by atoms with E-state index >= 15 is 0 Å². The number of thiazole rings is 1. The van der Waals surface area contributed by atoms with E-state index in [1.165, 1.54) is 0 Å². The molecule has 26 heavy (non-hydrogen) atoms. The number of carbonyl (C=O) groups excluding carboxylic acids is 1. The van der Waals surface area contributed by atoms with Gasteiger partial charge in [0.05, 0.1) is 13.5 Å². The van der Waals surface area contributed by atoms with E-state index in [9.17, 15) is 4.79 Å². The van der Waals surface area contributed by atoms with Crippen LogP contribution in [-0.4, -0.2) is 59.1 Å². The number of carbonyl (C=O) groups is 1. The minimum Gasteiger partial charge on any atom is -0.497 e. The van der Waals surface area contributed by atoms with E-state index in [1.54, 1.807) is 18.4 Å². The van der Waals surface area contributed by atoms with Crippen LogP contribution in [0.2, 0.25) is 0 Å². The Labute approximate surface area is 162 Å². The van der Waals surface area contributed by atoms with E-state index in [0.717, 1.165) is 35.2 Å². The fourth-order valence-electron chi connectivity index (χ4n) is 2.76. The molecule has 2 aromatic rings. The monoisotopic (exact) mass is 390 g/mol. The lowest BCUT2D eigenvalue weighted by Crippen LogP contribution is -2.51. The normalized spacial score (nSPS) is 14.2. The SMILES string of the molecule is COc1ccc(NC(=S)N2CCN(C(=O)Cc3nc(C)cs3)CC2)cc1. The number of thiocarbonyl (C=S) groups is 1. The highest BCUT2D eigenvalue weighted by Crippen LogP contribution is 2.16. The number of benzene rings is 1. The van der Waals surface area contributed by atoms with Crippen LogP contribution in [0.15, 0.2) is 29.6 Å². The van der Waals surface area contributed by atoms with Gasteiger partial charge in [0.15, 0.2) is 5.11 Å². The van der Waals surface area contributed by atoms with Crippen molar-refractivity contribution in [2.24, 2.45) is 0 Å². The van der Waals surface area contributed by atoms with Gasteiger partial charge in [0, 0.05) is 42.9 Å². The van der Waals surface area contributed by atoms with Gasteiger partial charge in [-0.3, -0.25) is 4.79 Å². The molecule has 138 valence electrons. The van der Waals surface area contributed by atoms with Crippen molar-refractivity contribution in [3.05, 3.63) is 40.3 Å². The summed E-state index contributed by atoms with van der Waals surface area (Å²) in [5, 5.41) is 6.78. The number of rotatable bonds is 4. The standard InChI is InChI=1S/C18H22N4O2S2/c1-13-12-26-16(19-13)11-17(23)21-7-9-22(10-8-21)18(25)20-14-3-5-15(24-2)6-4-14/h3-6,12H,7-11H2,1-2H3,(H,20,25). The second-order valence-corrected chi connectivity index (χ2v) is 7.42. The highest BCUT2D eigenvalue weighted by molar-refractivity contribution is 7.80. The number of methoxy groups -OCH3 is 1. The summed E-state index contributed by atoms with van der Waals surface area (Å²) >= 11 is 7.04. The number of hydrogen-bond donors (Lipinski definition) is 1. The fraction of sp³-hybridized carbons (Fsp3) is 0.389. The van der Waals surface area contributed by atoms with Gasteiger partial charge in [0.2, 0.25) is 5.91 Å². The van der Waals surface area contributed by atoms with E-state index in [2.05, 4.69) is 15.2 Å². The van der Waals surface area contributed by atoms with Crippen LogP contribution in [0.3, 0.4) is 0 Å². The second-order valence-electron chi connectivity index (χ2n) is 6.09. The molecule has 1 N–H and O–H groups in total. The van der Waals surface area contributed by atoms with Crippen LogP contribution in [0.1, 0.15) is 10.7 Å². The van der Waals surface area contributed by atoms with Gasteiger partial charge in [0.1, 0.15) is 10.8 Å². The number of aryl methyl sites for hydroxylation is 1. The molecule has 1 amide bonds. The van der Waals surface area contributed by atoms with Crippen LogP contribution < -0.4 is 10.1 Å². The zero-order valence-electron chi connectivity index (χ0n) is 14.9. The summed E-state index contributed by atoms with van der Waals surface area (Å²) in [6.45, 7) is 4.75. The molecule has 2 heterocycles. The maximum atomic E-state index is 12.4. The van der Waals surface area contributed by atoms with Crippen LogP contribution in [-0.2, 0) is 11.2 Å². The predicted octanol–water partition coefficient (Wildman–Crippen LogP) is 2.54. The third-order valence-corrected chi connectivity index (χ3v) is 5.56. The minimum atomic E-state index is 0.132. The third kappa shape index (κ3) is 4.70. The Hall–Kier alpha value is -2.19. The molecule has 0 bridgehead atoms. The zero-order chi connectivity index (χ0) is 18.5. The first-order chi connectivity index (χ1) is 12.5. The Morgan fingerprint density at radius 2 is 1.88 bits per heavy atom. The first-order valence-electron chi connectivity index (χ1n) is 8.44. The molecule has 8 heteroatoms. The maximum absolute atomic E-state index is 12.4. The Kier molecular flexibility index (Phi) is 6.05. The summed E-state index contributed by atoms with van der Waals surface area (Å²) in [7, 11) is 1.64. The number of ether oxygens (including phenoxy) is 1. The number of amides is 1. The summed E-state index contributed by atoms with van der Waals surface area (Å²) < 4.78 is 5.16. The van der Waals surface area contributed by atoms with Crippen molar-refractivity contribution in [2.45, 2.75) is 13.3 Å². The molecule has 0 unspecified atom stereocenters. The van der Waals surface area contributed by atoms with Crippen molar-refractivity contribution in [3.8, 4) is 5.75 Å². The zero-order valence-corrected chi connectivity index (χ0v) is 16.5. The van der Waals surface area contributed by atoms with Crippen LogP contribution in [0.4, 0.5) is 5.69 Å². The van der Waals surface area contributed by atoms with Crippen molar-refractivity contribution in [3.63, 3.8) is 0 Å². The Balaban J connectivity index is 1.47. The van der Waals surface area contributed by atoms with Crippen LogP contribution in [0, 0.1) is 6.92 Å². The molecule has 3 rings (SSSR count). The summed E-state index contributed by atoms with van der Waals surface area (Å²) in [4.78, 5) is 20.8. The van der Waals surface area contributed by atoms with Gasteiger partial charge in [0.25, 0.3) is 0 Å². The Bertz CT molecular complexity index is 768. The van der Waals surface area contributed by atoms with E-state index in [1.807, 2.05) is 41.5 Å². The predicted molar refractivity (Wildman–Crippen MR) is 108 cm³/mol. The molecule has 1 aromatic heterocycles. The molecule has 0 spiro atoms. The third-order valence-electron chi connectivity index (χ3n) is 4.23. The van der Waals surface area contributed by atoms with Gasteiger partial charge >= 0.3 is 0 Å². The summed E-state index contributed by atoms with van der Waals surface area (Å²) in [6.07, 6.45) is 0.382. The Morgan fingerprint density at radius 3 is 2.46 bits per heavy atom. The molecule has 1 saturated heterocycles. The summed E-state index contributed by atoms with van der Waals surface area (Å²) in [5.41, 5.74) is 1.89. The molecule has 0 aliphatic carbocycles. The highest BCUT2D eigenvalue weighted by Gasteiger charge is 2.23. The molecule has 1 fully saturated rings.